The summed E-state index contributed by atoms with van der Waals surface area (Å²) in [6.45, 7) is 13.1. The Kier molecular flexibility index (Phi) is 7.26. The van der Waals surface area contributed by atoms with E-state index in [0.29, 0.717) is 6.54 Å². The van der Waals surface area contributed by atoms with Gasteiger partial charge in [-0.3, -0.25) is 0 Å². The molecule has 0 atom stereocenters. The minimum absolute atomic E-state index is 0.0880. The van der Waals surface area contributed by atoms with Crippen LogP contribution in [-0.4, -0.2) is 12.6 Å². The lowest BCUT2D eigenvalue weighted by atomic mass is 9.86. The number of hydrogen-bond donors (Lipinski definition) is 0. The average Bonchev–Trinajstić information content (AvgIpc) is 2.87. The van der Waals surface area contributed by atoms with Crippen LogP contribution in [0.25, 0.3) is 11.1 Å². The summed E-state index contributed by atoms with van der Waals surface area (Å²) >= 11 is 0. The Bertz CT molecular complexity index is 1300. The Hall–Kier alpha value is -3.98. The van der Waals surface area contributed by atoms with Crippen molar-refractivity contribution in [2.45, 2.75) is 39.7 Å². The van der Waals surface area contributed by atoms with Crippen molar-refractivity contribution in [3.63, 3.8) is 0 Å². The van der Waals surface area contributed by atoms with E-state index in [9.17, 15) is 0 Å². The van der Waals surface area contributed by atoms with E-state index in [1.54, 1.807) is 0 Å². The van der Waals surface area contributed by atoms with Crippen molar-refractivity contribution in [3.8, 4) is 11.1 Å². The summed E-state index contributed by atoms with van der Waals surface area (Å²) in [5.74, 6) is 0.773. The summed E-state index contributed by atoms with van der Waals surface area (Å²) in [6, 6.07) is 36.3. The molecule has 0 radical (unpaired) electrons. The number of anilines is 1. The molecule has 0 aromatic heterocycles. The standard InChI is InChI=1S/C32H33N3/c1-24-10-9-11-28(22-24)26-16-14-25(15-17-26)23-35(30-12-7-6-8-13-30)31(34-33-5)27-18-20-29(21-19-27)32(2,3)4/h6-22H,5,23H2,1-4H3/b34-31-. The van der Waals surface area contributed by atoms with Gasteiger partial charge in [-0.05, 0) is 46.7 Å². The summed E-state index contributed by atoms with van der Waals surface area (Å²) in [5, 5.41) is 8.42. The Morgan fingerprint density at radius 2 is 1.46 bits per heavy atom. The van der Waals surface area contributed by atoms with Crippen molar-refractivity contribution in [2.75, 3.05) is 4.90 Å². The maximum atomic E-state index is 4.49. The molecule has 0 fully saturated rings. The predicted octanol–water partition coefficient (Wildman–Crippen LogP) is 8.03. The van der Waals surface area contributed by atoms with Gasteiger partial charge in [-0.25, -0.2) is 0 Å². The van der Waals surface area contributed by atoms with Crippen LogP contribution in [0.1, 0.15) is 43.0 Å². The van der Waals surface area contributed by atoms with Crippen molar-refractivity contribution in [1.29, 1.82) is 0 Å². The summed E-state index contributed by atoms with van der Waals surface area (Å²) in [5.41, 5.74) is 8.32. The number of hydrogen-bond acceptors (Lipinski definition) is 2. The Morgan fingerprint density at radius 1 is 0.771 bits per heavy atom. The molecule has 176 valence electrons. The molecule has 0 aliphatic carbocycles. The molecule has 0 amide bonds. The molecule has 0 heterocycles. The molecule has 35 heavy (non-hydrogen) atoms. The van der Waals surface area contributed by atoms with E-state index in [1.165, 1.54) is 27.8 Å². The lowest BCUT2D eigenvalue weighted by Gasteiger charge is -2.27. The molecule has 0 N–H and O–H groups in total. The molecule has 3 heteroatoms. The van der Waals surface area contributed by atoms with Gasteiger partial charge in [0.05, 0.1) is 0 Å². The topological polar surface area (TPSA) is 28.0 Å². The fraction of sp³-hybridized carbons (Fsp3) is 0.188. The van der Waals surface area contributed by atoms with Crippen LogP contribution < -0.4 is 4.90 Å². The number of rotatable bonds is 6. The van der Waals surface area contributed by atoms with Gasteiger partial charge in [-0.1, -0.05) is 117 Å². The van der Waals surface area contributed by atoms with E-state index in [-0.39, 0.29) is 5.41 Å². The third-order valence-electron chi connectivity index (χ3n) is 6.14. The molecule has 0 bridgehead atoms. The first-order valence-electron chi connectivity index (χ1n) is 12.0. The minimum atomic E-state index is 0.0880. The maximum absolute atomic E-state index is 4.49. The highest BCUT2D eigenvalue weighted by Crippen LogP contribution is 2.26. The first-order chi connectivity index (χ1) is 16.8. The van der Waals surface area contributed by atoms with Crippen molar-refractivity contribution in [2.24, 2.45) is 10.2 Å². The van der Waals surface area contributed by atoms with E-state index in [4.69, 9.17) is 0 Å². The average molecular weight is 460 g/mol. The van der Waals surface area contributed by atoms with E-state index in [0.717, 1.165) is 17.1 Å². The fourth-order valence-electron chi connectivity index (χ4n) is 4.16. The third-order valence-corrected chi connectivity index (χ3v) is 6.14. The fourth-order valence-corrected chi connectivity index (χ4v) is 4.16. The number of amidine groups is 1. The van der Waals surface area contributed by atoms with Gasteiger partial charge in [-0.2, -0.15) is 5.10 Å². The lowest BCUT2D eigenvalue weighted by Crippen LogP contribution is -2.31. The zero-order valence-electron chi connectivity index (χ0n) is 21.1. The second-order valence-electron chi connectivity index (χ2n) is 9.88. The zero-order valence-corrected chi connectivity index (χ0v) is 21.1. The molecule has 0 saturated heterocycles. The van der Waals surface area contributed by atoms with Gasteiger partial charge in [0.15, 0.2) is 5.84 Å². The van der Waals surface area contributed by atoms with Crippen LogP contribution in [0.15, 0.2) is 113 Å². The van der Waals surface area contributed by atoms with E-state index >= 15 is 0 Å². The molecule has 4 aromatic rings. The highest BCUT2D eigenvalue weighted by Gasteiger charge is 2.19. The van der Waals surface area contributed by atoms with Gasteiger partial charge in [0.25, 0.3) is 0 Å². The van der Waals surface area contributed by atoms with Gasteiger partial charge in [0.1, 0.15) is 0 Å². The molecular formula is C32H33N3. The second-order valence-corrected chi connectivity index (χ2v) is 9.88. The number of para-hydroxylation sites is 1. The van der Waals surface area contributed by atoms with Crippen LogP contribution in [0, 0.1) is 6.92 Å². The van der Waals surface area contributed by atoms with E-state index < -0.39 is 0 Å². The van der Waals surface area contributed by atoms with Gasteiger partial charge in [0.2, 0.25) is 0 Å². The molecule has 0 unspecified atom stereocenters. The smallest absolute Gasteiger partial charge is 0.163 e. The van der Waals surface area contributed by atoms with Crippen molar-refractivity contribution < 1.29 is 0 Å². The normalized spacial score (nSPS) is 11.8. The van der Waals surface area contributed by atoms with Crippen molar-refractivity contribution >= 4 is 18.2 Å². The largest absolute Gasteiger partial charge is 0.320 e. The van der Waals surface area contributed by atoms with Gasteiger partial charge in [0, 0.05) is 24.5 Å². The molecular weight excluding hydrogens is 426 g/mol. The SMILES string of the molecule is C=N/N=C(/c1ccc(C(C)(C)C)cc1)N(Cc1ccc(-c2cccc(C)c2)cc1)c1ccccc1. The minimum Gasteiger partial charge on any atom is -0.320 e. The van der Waals surface area contributed by atoms with Crippen LogP contribution >= 0.6 is 0 Å². The second kappa shape index (κ2) is 10.5. The van der Waals surface area contributed by atoms with Crippen molar-refractivity contribution in [3.05, 3.63) is 125 Å². The molecule has 0 spiro atoms. The van der Waals surface area contributed by atoms with Crippen LogP contribution in [0.2, 0.25) is 0 Å². The molecule has 4 aromatic carbocycles. The number of nitrogens with zero attached hydrogens (tertiary/aromatic N) is 3. The Morgan fingerprint density at radius 3 is 2.06 bits per heavy atom. The van der Waals surface area contributed by atoms with Crippen molar-refractivity contribution in [1.82, 2.24) is 0 Å². The third kappa shape index (κ3) is 5.93. The van der Waals surface area contributed by atoms with E-state index in [2.05, 4.69) is 134 Å². The lowest BCUT2D eigenvalue weighted by molar-refractivity contribution is 0.590. The molecule has 4 rings (SSSR count). The molecule has 0 aliphatic heterocycles. The van der Waals surface area contributed by atoms with Crippen LogP contribution in [0.3, 0.4) is 0 Å². The first-order valence-corrected chi connectivity index (χ1v) is 12.0. The van der Waals surface area contributed by atoms with Gasteiger partial charge >= 0.3 is 0 Å². The van der Waals surface area contributed by atoms with Gasteiger partial charge in [-0.15, -0.1) is 5.10 Å². The summed E-state index contributed by atoms with van der Waals surface area (Å²) in [7, 11) is 0. The van der Waals surface area contributed by atoms with Gasteiger partial charge < -0.3 is 4.90 Å². The zero-order chi connectivity index (χ0) is 24.8. The Balaban J connectivity index is 1.69. The quantitative estimate of drug-likeness (QED) is 0.163. The molecule has 0 saturated carbocycles. The van der Waals surface area contributed by atoms with Crippen LogP contribution in [0.5, 0.6) is 0 Å². The maximum Gasteiger partial charge on any atom is 0.163 e. The Labute approximate surface area is 209 Å². The summed E-state index contributed by atoms with van der Waals surface area (Å²) in [6.07, 6.45) is 0. The first kappa shape index (κ1) is 24.2. The molecule has 0 aliphatic rings. The number of benzene rings is 4. The highest BCUT2D eigenvalue weighted by molar-refractivity contribution is 6.09. The number of aryl methyl sites for hydroxylation is 1. The van der Waals surface area contributed by atoms with E-state index in [1.807, 2.05) is 18.2 Å². The predicted molar refractivity (Wildman–Crippen MR) is 150 cm³/mol. The monoisotopic (exact) mass is 459 g/mol. The molecule has 3 nitrogen and oxygen atoms in total. The van der Waals surface area contributed by atoms with Crippen LogP contribution in [-0.2, 0) is 12.0 Å². The highest BCUT2D eigenvalue weighted by atomic mass is 15.3. The summed E-state index contributed by atoms with van der Waals surface area (Å²) in [4.78, 5) is 2.20. The van der Waals surface area contributed by atoms with Crippen LogP contribution in [0.4, 0.5) is 5.69 Å². The summed E-state index contributed by atoms with van der Waals surface area (Å²) < 4.78 is 0.